The minimum atomic E-state index is -1.79. The number of amides is 1. The molecule has 2 heterocycles. The second-order valence-corrected chi connectivity index (χ2v) is 16.5. The van der Waals surface area contributed by atoms with Crippen LogP contribution in [0.4, 0.5) is 0 Å². The lowest BCUT2D eigenvalue weighted by molar-refractivity contribution is -0.359. The Balaban J connectivity index is 1.92. The van der Waals surface area contributed by atoms with E-state index in [9.17, 15) is 45.6 Å². The summed E-state index contributed by atoms with van der Waals surface area (Å²) in [6.07, 6.45) is 24.1. The fraction of sp³-hybridized carbons (Fsp3) is 0.771. The molecule has 0 radical (unpaired) electrons. The van der Waals surface area contributed by atoms with Crippen molar-refractivity contribution in [2.45, 2.75) is 216 Å². The maximum atomic E-state index is 13.1. The number of ether oxygens (including phenoxy) is 4. The number of aliphatic hydroxyl groups is 8. The Hall–Kier alpha value is -2.31. The van der Waals surface area contributed by atoms with E-state index in [4.69, 9.17) is 18.9 Å². The standard InChI is InChI=1S/C48H83NO13/c1-3-5-7-9-11-13-15-17-18-20-22-24-26-28-30-32-40(53)49-36(37(52)31-29-27-25-23-21-19-16-14-12-10-8-6-4-2)35-59-47-45(58)43(56)46(39(34-51)61-47)62-48-44(57)42(55)41(54)38(33-50)60-48/h11-14,17-18,21,23,29,31,36-39,41-48,50-52,54-58H,3-10,15-16,19-20,22,24-28,30,32-35H2,1-2H3,(H,49,53)/b13-11-,14-12+,18-17-,23-21+,31-29+. The van der Waals surface area contributed by atoms with Crippen molar-refractivity contribution in [1.29, 1.82) is 0 Å². The first-order valence-electron chi connectivity index (χ1n) is 23.5. The van der Waals surface area contributed by atoms with Crippen LogP contribution in [0.25, 0.3) is 0 Å². The normalized spacial score (nSPS) is 28.3. The number of carbonyl (C=O) groups is 1. The number of allylic oxidation sites excluding steroid dienone is 9. The molecule has 12 unspecified atom stereocenters. The topological polar surface area (TPSA) is 228 Å². The highest BCUT2D eigenvalue weighted by atomic mass is 16.7. The van der Waals surface area contributed by atoms with Crippen LogP contribution in [0.2, 0.25) is 0 Å². The zero-order chi connectivity index (χ0) is 45.4. The fourth-order valence-electron chi connectivity index (χ4n) is 7.23. The van der Waals surface area contributed by atoms with Crippen LogP contribution in [0.5, 0.6) is 0 Å². The lowest BCUT2D eigenvalue weighted by atomic mass is 9.97. The van der Waals surface area contributed by atoms with Crippen LogP contribution in [0, 0.1) is 0 Å². The summed E-state index contributed by atoms with van der Waals surface area (Å²) in [5, 5.41) is 86.5. The third kappa shape index (κ3) is 22.5. The minimum absolute atomic E-state index is 0.251. The monoisotopic (exact) mass is 882 g/mol. The molecule has 0 aromatic heterocycles. The van der Waals surface area contributed by atoms with E-state index in [0.29, 0.717) is 12.8 Å². The van der Waals surface area contributed by atoms with Crippen molar-refractivity contribution >= 4 is 5.91 Å². The Morgan fingerprint density at radius 3 is 1.68 bits per heavy atom. The molecule has 2 aliphatic heterocycles. The zero-order valence-electron chi connectivity index (χ0n) is 37.6. The largest absolute Gasteiger partial charge is 0.394 e. The second-order valence-electron chi connectivity index (χ2n) is 16.5. The number of aliphatic hydroxyl groups excluding tert-OH is 8. The maximum absolute atomic E-state index is 13.1. The van der Waals surface area contributed by atoms with Crippen LogP contribution < -0.4 is 5.32 Å². The molecule has 14 nitrogen and oxygen atoms in total. The number of hydrogen-bond donors (Lipinski definition) is 9. The molecule has 0 spiro atoms. The molecule has 358 valence electrons. The SMILES string of the molecule is CCCCC/C=C\C/C=C\CCCCCCCC(=O)NC(COC1OC(CO)C(OC2OC(CO)C(O)C(O)C2O)C(O)C1O)C(O)/C=C/CC/C=C/CC/C=C/CCCCC. The first kappa shape index (κ1) is 55.8. The summed E-state index contributed by atoms with van der Waals surface area (Å²) in [5.74, 6) is -0.273. The second kappa shape index (κ2) is 35.0. The van der Waals surface area contributed by atoms with Crippen molar-refractivity contribution in [1.82, 2.24) is 5.32 Å². The summed E-state index contributed by atoms with van der Waals surface area (Å²) in [4.78, 5) is 13.1. The number of unbranched alkanes of at least 4 members (excludes halogenated alkanes) is 13. The van der Waals surface area contributed by atoms with Crippen molar-refractivity contribution in [3.63, 3.8) is 0 Å². The Bertz CT molecular complexity index is 1270. The molecule has 2 rings (SSSR count). The van der Waals surface area contributed by atoms with Gasteiger partial charge in [0.1, 0.15) is 48.8 Å². The van der Waals surface area contributed by atoms with Crippen LogP contribution in [-0.2, 0) is 23.7 Å². The molecule has 1 amide bonds. The van der Waals surface area contributed by atoms with Gasteiger partial charge in [-0.25, -0.2) is 0 Å². The summed E-state index contributed by atoms with van der Waals surface area (Å²) in [6.45, 7) is 2.65. The van der Waals surface area contributed by atoms with Gasteiger partial charge >= 0.3 is 0 Å². The molecule has 62 heavy (non-hydrogen) atoms. The molecule has 0 aromatic rings. The third-order valence-electron chi connectivity index (χ3n) is 11.2. The smallest absolute Gasteiger partial charge is 0.220 e. The van der Waals surface area contributed by atoms with Crippen LogP contribution in [0.3, 0.4) is 0 Å². The van der Waals surface area contributed by atoms with Gasteiger partial charge in [-0.1, -0.05) is 120 Å². The van der Waals surface area contributed by atoms with E-state index in [1.807, 2.05) is 6.08 Å². The molecular formula is C48H83NO13. The third-order valence-corrected chi connectivity index (χ3v) is 11.2. The van der Waals surface area contributed by atoms with E-state index < -0.39 is 86.8 Å². The molecule has 9 N–H and O–H groups in total. The summed E-state index contributed by atoms with van der Waals surface area (Å²) >= 11 is 0. The van der Waals surface area contributed by atoms with Gasteiger partial charge in [0.15, 0.2) is 12.6 Å². The van der Waals surface area contributed by atoms with E-state index in [1.165, 1.54) is 38.5 Å². The van der Waals surface area contributed by atoms with Crippen molar-refractivity contribution in [3.8, 4) is 0 Å². The van der Waals surface area contributed by atoms with Gasteiger partial charge in [-0.05, 0) is 77.0 Å². The van der Waals surface area contributed by atoms with E-state index in [0.717, 1.165) is 70.6 Å². The van der Waals surface area contributed by atoms with Crippen molar-refractivity contribution in [3.05, 3.63) is 60.8 Å². The van der Waals surface area contributed by atoms with Gasteiger partial charge in [0.2, 0.25) is 5.91 Å². The van der Waals surface area contributed by atoms with Gasteiger partial charge < -0.3 is 65.1 Å². The quantitative estimate of drug-likeness (QED) is 0.0304. The predicted octanol–water partition coefficient (Wildman–Crippen LogP) is 5.10. The molecule has 14 heteroatoms. The molecule has 2 saturated heterocycles. The van der Waals surface area contributed by atoms with Crippen LogP contribution in [0.15, 0.2) is 60.8 Å². The molecule has 2 fully saturated rings. The Labute approximate surface area is 371 Å². The summed E-state index contributed by atoms with van der Waals surface area (Å²) in [7, 11) is 0. The lowest BCUT2D eigenvalue weighted by Crippen LogP contribution is -2.65. The van der Waals surface area contributed by atoms with Gasteiger partial charge in [-0.3, -0.25) is 4.79 Å². The molecule has 0 bridgehead atoms. The van der Waals surface area contributed by atoms with Crippen molar-refractivity contribution in [2.24, 2.45) is 0 Å². The Morgan fingerprint density at radius 1 is 0.581 bits per heavy atom. The number of rotatable bonds is 34. The molecule has 12 atom stereocenters. The highest BCUT2D eigenvalue weighted by molar-refractivity contribution is 5.76. The first-order chi connectivity index (χ1) is 30.1. The van der Waals surface area contributed by atoms with Crippen LogP contribution >= 0.6 is 0 Å². The average molecular weight is 882 g/mol. The number of nitrogens with one attached hydrogen (secondary N) is 1. The van der Waals surface area contributed by atoms with Gasteiger partial charge in [0, 0.05) is 6.42 Å². The lowest BCUT2D eigenvalue weighted by Gasteiger charge is -2.46. The van der Waals surface area contributed by atoms with E-state index in [1.54, 1.807) is 6.08 Å². The van der Waals surface area contributed by atoms with E-state index in [2.05, 4.69) is 67.8 Å². The molecule has 0 saturated carbocycles. The van der Waals surface area contributed by atoms with Gasteiger partial charge in [-0.15, -0.1) is 0 Å². The summed E-state index contributed by atoms with van der Waals surface area (Å²) < 4.78 is 22.6. The molecular weight excluding hydrogens is 799 g/mol. The number of carbonyl (C=O) groups excluding carboxylic acids is 1. The maximum Gasteiger partial charge on any atom is 0.220 e. The first-order valence-corrected chi connectivity index (χ1v) is 23.5. The van der Waals surface area contributed by atoms with Crippen LogP contribution in [-0.4, -0.2) is 140 Å². The van der Waals surface area contributed by atoms with Crippen LogP contribution in [0.1, 0.15) is 142 Å². The molecule has 0 aliphatic carbocycles. The van der Waals surface area contributed by atoms with Crippen molar-refractivity contribution in [2.75, 3.05) is 19.8 Å². The highest BCUT2D eigenvalue weighted by Gasteiger charge is 2.50. The minimum Gasteiger partial charge on any atom is -0.394 e. The summed E-state index contributed by atoms with van der Waals surface area (Å²) in [5.41, 5.74) is 0. The highest BCUT2D eigenvalue weighted by Crippen LogP contribution is 2.30. The molecule has 2 aliphatic rings. The predicted molar refractivity (Wildman–Crippen MR) is 240 cm³/mol. The van der Waals surface area contributed by atoms with Crippen molar-refractivity contribution < 1.29 is 64.6 Å². The number of hydrogen-bond acceptors (Lipinski definition) is 13. The fourth-order valence-corrected chi connectivity index (χ4v) is 7.23. The zero-order valence-corrected chi connectivity index (χ0v) is 37.6. The summed E-state index contributed by atoms with van der Waals surface area (Å²) in [6, 6.07) is -0.944. The molecule has 0 aromatic carbocycles. The van der Waals surface area contributed by atoms with Gasteiger partial charge in [-0.2, -0.15) is 0 Å². The Morgan fingerprint density at radius 2 is 1.08 bits per heavy atom. The average Bonchev–Trinajstić information content (AvgIpc) is 3.27. The van der Waals surface area contributed by atoms with E-state index in [-0.39, 0.29) is 18.9 Å². The van der Waals surface area contributed by atoms with Gasteiger partial charge in [0.25, 0.3) is 0 Å². The van der Waals surface area contributed by atoms with Gasteiger partial charge in [0.05, 0.1) is 32.0 Å². The van der Waals surface area contributed by atoms with E-state index >= 15 is 0 Å². The Kier molecular flexibility index (Phi) is 31.5.